The van der Waals surface area contributed by atoms with Crippen molar-refractivity contribution in [1.82, 2.24) is 5.32 Å². The maximum absolute atomic E-state index is 12.9. The first-order valence-electron chi connectivity index (χ1n) is 7.48. The van der Waals surface area contributed by atoms with Crippen LogP contribution in [0.5, 0.6) is 0 Å². The van der Waals surface area contributed by atoms with Crippen molar-refractivity contribution in [2.24, 2.45) is 0 Å². The van der Waals surface area contributed by atoms with Crippen LogP contribution in [0.15, 0.2) is 71.4 Å². The third-order valence-electron chi connectivity index (χ3n) is 4.06. The molecular weight excluding hydrogens is 322 g/mol. The molecule has 114 valence electrons. The number of carbonyl (C=O) groups excluding carboxylic acids is 1. The third kappa shape index (κ3) is 2.76. The standard InChI is InChI=1S/C19H15NOS2/c21-19-18(13-6-2-1-3-7-13)14(16-8-4-10-22-16)12-15(20-19)17-9-5-11-23-17/h1-12,14,18H,(H,20,21). The summed E-state index contributed by atoms with van der Waals surface area (Å²) in [6.07, 6.45) is 2.21. The number of thiophene rings is 2. The summed E-state index contributed by atoms with van der Waals surface area (Å²) >= 11 is 3.36. The van der Waals surface area contributed by atoms with Gasteiger partial charge in [0.1, 0.15) is 0 Å². The fraction of sp³-hybridized carbons (Fsp3) is 0.105. The Hall–Kier alpha value is -2.17. The summed E-state index contributed by atoms with van der Waals surface area (Å²) in [5.41, 5.74) is 1.99. The van der Waals surface area contributed by atoms with E-state index in [0.717, 1.165) is 16.1 Å². The van der Waals surface area contributed by atoms with Crippen LogP contribution in [0, 0.1) is 0 Å². The number of rotatable bonds is 3. The predicted octanol–water partition coefficient (Wildman–Crippen LogP) is 4.85. The van der Waals surface area contributed by atoms with E-state index in [2.05, 4.69) is 22.8 Å². The van der Waals surface area contributed by atoms with E-state index in [1.54, 1.807) is 22.7 Å². The molecule has 0 radical (unpaired) electrons. The lowest BCUT2D eigenvalue weighted by atomic mass is 9.81. The van der Waals surface area contributed by atoms with E-state index in [0.29, 0.717) is 0 Å². The lowest BCUT2D eigenvalue weighted by Gasteiger charge is -2.29. The van der Waals surface area contributed by atoms with Gasteiger partial charge in [-0.1, -0.05) is 42.5 Å². The summed E-state index contributed by atoms with van der Waals surface area (Å²) in [7, 11) is 0. The van der Waals surface area contributed by atoms with Gasteiger partial charge in [0.05, 0.1) is 16.5 Å². The minimum atomic E-state index is -0.182. The Balaban J connectivity index is 1.82. The first kappa shape index (κ1) is 14.4. The third-order valence-corrected chi connectivity index (χ3v) is 5.94. The second-order valence-electron chi connectivity index (χ2n) is 5.48. The molecule has 0 spiro atoms. The quantitative estimate of drug-likeness (QED) is 0.727. The summed E-state index contributed by atoms with van der Waals surface area (Å²) in [6.45, 7) is 0. The zero-order chi connectivity index (χ0) is 15.6. The minimum absolute atomic E-state index is 0.0699. The van der Waals surface area contributed by atoms with Crippen LogP contribution in [-0.4, -0.2) is 5.91 Å². The molecule has 0 fully saturated rings. The number of hydrogen-bond acceptors (Lipinski definition) is 3. The van der Waals surface area contributed by atoms with Crippen LogP contribution < -0.4 is 5.32 Å². The van der Waals surface area contributed by atoms with Crippen molar-refractivity contribution >= 4 is 34.3 Å². The van der Waals surface area contributed by atoms with E-state index in [-0.39, 0.29) is 17.7 Å². The van der Waals surface area contributed by atoms with Gasteiger partial charge in [-0.2, -0.15) is 0 Å². The van der Waals surface area contributed by atoms with E-state index < -0.39 is 0 Å². The van der Waals surface area contributed by atoms with Crippen LogP contribution in [0.1, 0.15) is 27.2 Å². The Bertz CT molecular complexity index is 820. The number of carbonyl (C=O) groups is 1. The van der Waals surface area contributed by atoms with Gasteiger partial charge in [-0.25, -0.2) is 0 Å². The Kier molecular flexibility index (Phi) is 3.85. The molecule has 2 unspecified atom stereocenters. The van der Waals surface area contributed by atoms with Crippen LogP contribution >= 0.6 is 22.7 Å². The molecule has 4 rings (SSSR count). The van der Waals surface area contributed by atoms with Gasteiger partial charge in [0.25, 0.3) is 0 Å². The molecule has 1 aliphatic rings. The van der Waals surface area contributed by atoms with Crippen LogP contribution in [0.4, 0.5) is 0 Å². The molecule has 2 nitrogen and oxygen atoms in total. The SMILES string of the molecule is O=C1NC(c2cccs2)=CC(c2cccs2)C1c1ccccc1. The molecule has 0 saturated carbocycles. The second-order valence-corrected chi connectivity index (χ2v) is 7.40. The molecule has 2 atom stereocenters. The highest BCUT2D eigenvalue weighted by molar-refractivity contribution is 7.11. The molecule has 0 saturated heterocycles. The normalized spacial score (nSPS) is 20.9. The maximum atomic E-state index is 12.9. The number of nitrogens with one attached hydrogen (secondary N) is 1. The van der Waals surface area contributed by atoms with Gasteiger partial charge >= 0.3 is 0 Å². The van der Waals surface area contributed by atoms with Crippen LogP contribution in [0.2, 0.25) is 0 Å². The largest absolute Gasteiger partial charge is 0.325 e. The highest BCUT2D eigenvalue weighted by Crippen LogP contribution is 2.41. The van der Waals surface area contributed by atoms with Gasteiger partial charge in [-0.05, 0) is 34.5 Å². The Morgan fingerprint density at radius 1 is 0.870 bits per heavy atom. The fourth-order valence-electron chi connectivity index (χ4n) is 3.01. The smallest absolute Gasteiger partial charge is 0.232 e. The van der Waals surface area contributed by atoms with Gasteiger partial charge in [0.15, 0.2) is 0 Å². The first-order valence-corrected chi connectivity index (χ1v) is 9.24. The molecule has 1 aliphatic heterocycles. The van der Waals surface area contributed by atoms with Crippen molar-refractivity contribution in [1.29, 1.82) is 0 Å². The zero-order valence-electron chi connectivity index (χ0n) is 12.3. The van der Waals surface area contributed by atoms with Crippen molar-refractivity contribution in [2.75, 3.05) is 0 Å². The first-order chi connectivity index (χ1) is 11.3. The average molecular weight is 337 g/mol. The van der Waals surface area contributed by atoms with Crippen molar-refractivity contribution in [2.45, 2.75) is 11.8 Å². The van der Waals surface area contributed by atoms with Gasteiger partial charge in [-0.3, -0.25) is 4.79 Å². The monoisotopic (exact) mass is 337 g/mol. The molecule has 23 heavy (non-hydrogen) atoms. The van der Waals surface area contributed by atoms with Crippen molar-refractivity contribution in [3.63, 3.8) is 0 Å². The summed E-state index contributed by atoms with van der Waals surface area (Å²) in [5.74, 6) is -0.0395. The van der Waals surface area contributed by atoms with Crippen LogP contribution in [-0.2, 0) is 4.79 Å². The number of amides is 1. The lowest BCUT2D eigenvalue weighted by Crippen LogP contribution is -2.35. The molecule has 1 aromatic carbocycles. The molecule has 0 bridgehead atoms. The number of benzene rings is 1. The Morgan fingerprint density at radius 3 is 2.35 bits per heavy atom. The molecule has 3 aromatic rings. The Morgan fingerprint density at radius 2 is 1.65 bits per heavy atom. The molecular formula is C19H15NOS2. The topological polar surface area (TPSA) is 29.1 Å². The molecule has 2 aromatic heterocycles. The number of hydrogen-bond donors (Lipinski definition) is 1. The van der Waals surface area contributed by atoms with E-state index in [9.17, 15) is 4.79 Å². The number of allylic oxidation sites excluding steroid dienone is 1. The Labute approximate surface area is 143 Å². The molecule has 1 amide bonds. The maximum Gasteiger partial charge on any atom is 0.232 e. The summed E-state index contributed by atoms with van der Waals surface area (Å²) in [4.78, 5) is 15.2. The van der Waals surface area contributed by atoms with Gasteiger partial charge in [-0.15, -0.1) is 22.7 Å². The zero-order valence-corrected chi connectivity index (χ0v) is 13.9. The second kappa shape index (κ2) is 6.14. The van der Waals surface area contributed by atoms with Crippen LogP contribution in [0.25, 0.3) is 5.70 Å². The van der Waals surface area contributed by atoms with E-state index in [1.165, 1.54) is 4.88 Å². The summed E-state index contributed by atoms with van der Waals surface area (Å²) in [6, 6.07) is 18.3. The van der Waals surface area contributed by atoms with Crippen molar-refractivity contribution < 1.29 is 4.79 Å². The van der Waals surface area contributed by atoms with E-state index in [1.807, 2.05) is 53.9 Å². The fourth-order valence-corrected chi connectivity index (χ4v) is 4.55. The predicted molar refractivity (Wildman–Crippen MR) is 96.7 cm³/mol. The summed E-state index contributed by atoms with van der Waals surface area (Å²) in [5, 5.41) is 7.20. The van der Waals surface area contributed by atoms with Gasteiger partial charge in [0.2, 0.25) is 5.91 Å². The molecule has 1 N–H and O–H groups in total. The lowest BCUT2D eigenvalue weighted by molar-refractivity contribution is -0.121. The van der Waals surface area contributed by atoms with Gasteiger partial charge in [0, 0.05) is 10.8 Å². The minimum Gasteiger partial charge on any atom is -0.325 e. The molecule has 4 heteroatoms. The van der Waals surface area contributed by atoms with Crippen LogP contribution in [0.3, 0.4) is 0 Å². The molecule has 3 heterocycles. The van der Waals surface area contributed by atoms with Gasteiger partial charge < -0.3 is 5.32 Å². The van der Waals surface area contributed by atoms with Crippen molar-refractivity contribution in [3.8, 4) is 0 Å². The van der Waals surface area contributed by atoms with Crippen molar-refractivity contribution in [3.05, 3.63) is 86.8 Å². The highest BCUT2D eigenvalue weighted by Gasteiger charge is 2.35. The van der Waals surface area contributed by atoms with E-state index in [4.69, 9.17) is 0 Å². The molecule has 0 aliphatic carbocycles. The highest BCUT2D eigenvalue weighted by atomic mass is 32.1. The average Bonchev–Trinajstić information content (AvgIpc) is 3.28. The summed E-state index contributed by atoms with van der Waals surface area (Å²) < 4.78 is 0. The van der Waals surface area contributed by atoms with E-state index >= 15 is 0 Å².